The first kappa shape index (κ1) is 13.1. The molecule has 4 nitrogen and oxygen atoms in total. The summed E-state index contributed by atoms with van der Waals surface area (Å²) in [5.41, 5.74) is 0. The molecule has 98 valence electrons. The summed E-state index contributed by atoms with van der Waals surface area (Å²) in [6, 6.07) is 3.03. The Kier molecular flexibility index (Phi) is 4.80. The first-order valence-electron chi connectivity index (χ1n) is 6.67. The Balaban J connectivity index is 1.69. The van der Waals surface area contributed by atoms with Gasteiger partial charge in [0.25, 0.3) is 0 Å². The van der Waals surface area contributed by atoms with Crippen molar-refractivity contribution in [1.82, 2.24) is 20.0 Å². The predicted molar refractivity (Wildman–Crippen MR) is 73.1 cm³/mol. The third-order valence-corrected chi connectivity index (χ3v) is 3.44. The topological polar surface area (TPSA) is 33.1 Å². The Hall–Kier alpha value is -1.31. The van der Waals surface area contributed by atoms with Gasteiger partial charge in [0.1, 0.15) is 0 Å². The fourth-order valence-corrected chi connectivity index (χ4v) is 2.53. The minimum Gasteiger partial charge on any atom is -0.310 e. The molecule has 0 aliphatic carbocycles. The Morgan fingerprint density at radius 1 is 1.50 bits per heavy atom. The van der Waals surface area contributed by atoms with Crippen LogP contribution in [0.25, 0.3) is 0 Å². The highest BCUT2D eigenvalue weighted by molar-refractivity contribution is 4.90. The highest BCUT2D eigenvalue weighted by Crippen LogP contribution is 2.10. The molecule has 2 heterocycles. The summed E-state index contributed by atoms with van der Waals surface area (Å²) < 4.78 is 1.98. The fourth-order valence-electron chi connectivity index (χ4n) is 2.53. The maximum atomic E-state index is 5.33. The van der Waals surface area contributed by atoms with Gasteiger partial charge in [-0.25, -0.2) is 0 Å². The van der Waals surface area contributed by atoms with Crippen LogP contribution in [0.2, 0.25) is 0 Å². The molecule has 1 unspecified atom stereocenters. The van der Waals surface area contributed by atoms with Crippen molar-refractivity contribution in [3.05, 3.63) is 18.5 Å². The lowest BCUT2D eigenvalue weighted by molar-refractivity contribution is 0.207. The van der Waals surface area contributed by atoms with Crippen molar-refractivity contribution >= 4 is 0 Å². The summed E-state index contributed by atoms with van der Waals surface area (Å²) in [4.78, 5) is 2.34. The lowest BCUT2D eigenvalue weighted by atomic mass is 10.0. The highest BCUT2D eigenvalue weighted by atomic mass is 15.3. The largest absolute Gasteiger partial charge is 0.310 e. The molecular weight excluding hydrogens is 224 g/mol. The summed E-state index contributed by atoms with van der Waals surface area (Å²) in [5, 5.41) is 7.91. The molecule has 0 bridgehead atoms. The molecule has 1 aromatic rings. The summed E-state index contributed by atoms with van der Waals surface area (Å²) >= 11 is 0. The van der Waals surface area contributed by atoms with E-state index < -0.39 is 0 Å². The van der Waals surface area contributed by atoms with Crippen molar-refractivity contribution in [1.29, 1.82) is 0 Å². The van der Waals surface area contributed by atoms with E-state index in [4.69, 9.17) is 6.42 Å². The first-order chi connectivity index (χ1) is 8.78. The number of nitrogens with one attached hydrogen (secondary N) is 1. The van der Waals surface area contributed by atoms with Crippen LogP contribution in [0, 0.1) is 12.3 Å². The van der Waals surface area contributed by atoms with Gasteiger partial charge in [-0.1, -0.05) is 5.92 Å². The van der Waals surface area contributed by atoms with Crippen LogP contribution in [0.3, 0.4) is 0 Å². The van der Waals surface area contributed by atoms with E-state index in [0.29, 0.717) is 12.1 Å². The fraction of sp³-hybridized carbons (Fsp3) is 0.643. The number of aromatic nitrogens is 2. The Bertz CT molecular complexity index is 371. The van der Waals surface area contributed by atoms with E-state index in [1.807, 2.05) is 23.1 Å². The summed E-state index contributed by atoms with van der Waals surface area (Å²) in [6.07, 6.45) is 11.5. The number of nitrogens with zero attached hydrogens (tertiary/aromatic N) is 3. The van der Waals surface area contributed by atoms with Crippen LogP contribution in [0.1, 0.15) is 19.8 Å². The smallest absolute Gasteiger partial charge is 0.0598 e. The number of hydrogen-bond donors (Lipinski definition) is 1. The van der Waals surface area contributed by atoms with Crippen LogP contribution in [0.4, 0.5) is 0 Å². The summed E-state index contributed by atoms with van der Waals surface area (Å²) in [6.45, 7) is 6.15. The van der Waals surface area contributed by atoms with Gasteiger partial charge in [0.05, 0.1) is 13.1 Å². The van der Waals surface area contributed by atoms with Gasteiger partial charge < -0.3 is 5.32 Å². The average Bonchev–Trinajstić information content (AvgIpc) is 2.84. The molecule has 2 rings (SSSR count). The van der Waals surface area contributed by atoms with Crippen LogP contribution in [-0.2, 0) is 6.54 Å². The van der Waals surface area contributed by atoms with Crippen LogP contribution in [0.15, 0.2) is 18.5 Å². The number of piperidine rings is 1. The third kappa shape index (κ3) is 3.86. The maximum absolute atomic E-state index is 5.33. The van der Waals surface area contributed by atoms with Gasteiger partial charge in [-0.2, -0.15) is 5.10 Å². The molecule has 0 aromatic carbocycles. The molecule has 1 fully saturated rings. The number of likely N-dealkylation sites (tertiary alicyclic amines) is 1. The van der Waals surface area contributed by atoms with Crippen molar-refractivity contribution < 1.29 is 0 Å². The van der Waals surface area contributed by atoms with Crippen LogP contribution >= 0.6 is 0 Å². The zero-order valence-electron chi connectivity index (χ0n) is 11.0. The molecule has 1 aromatic heterocycles. The van der Waals surface area contributed by atoms with Gasteiger partial charge in [0.2, 0.25) is 0 Å². The first-order valence-corrected chi connectivity index (χ1v) is 6.67. The SMILES string of the molecule is C#CCN1CCC(NC(C)Cn2cccn2)CC1. The molecule has 1 atom stereocenters. The maximum Gasteiger partial charge on any atom is 0.0598 e. The normalized spacial score (nSPS) is 19.6. The highest BCUT2D eigenvalue weighted by Gasteiger charge is 2.19. The van der Waals surface area contributed by atoms with Gasteiger partial charge in [0.15, 0.2) is 0 Å². The van der Waals surface area contributed by atoms with Gasteiger partial charge in [-0.3, -0.25) is 9.58 Å². The van der Waals surface area contributed by atoms with Crippen molar-refractivity contribution in [2.75, 3.05) is 19.6 Å². The van der Waals surface area contributed by atoms with Gasteiger partial charge >= 0.3 is 0 Å². The van der Waals surface area contributed by atoms with E-state index in [9.17, 15) is 0 Å². The predicted octanol–water partition coefficient (Wildman–Crippen LogP) is 0.959. The van der Waals surface area contributed by atoms with E-state index in [1.165, 1.54) is 12.8 Å². The van der Waals surface area contributed by atoms with E-state index in [2.05, 4.69) is 28.2 Å². The lowest BCUT2D eigenvalue weighted by Crippen LogP contribution is -2.46. The minimum absolute atomic E-state index is 0.453. The quantitative estimate of drug-likeness (QED) is 0.786. The van der Waals surface area contributed by atoms with Crippen LogP contribution < -0.4 is 5.32 Å². The summed E-state index contributed by atoms with van der Waals surface area (Å²) in [7, 11) is 0. The zero-order chi connectivity index (χ0) is 12.8. The van der Waals surface area contributed by atoms with E-state index in [0.717, 1.165) is 26.2 Å². The molecule has 1 aliphatic rings. The van der Waals surface area contributed by atoms with Gasteiger partial charge in [0, 0.05) is 37.6 Å². The molecule has 0 saturated carbocycles. The molecule has 4 heteroatoms. The van der Waals surface area contributed by atoms with E-state index in [-0.39, 0.29) is 0 Å². The molecule has 1 N–H and O–H groups in total. The van der Waals surface area contributed by atoms with Crippen LogP contribution in [-0.4, -0.2) is 46.4 Å². The van der Waals surface area contributed by atoms with Crippen molar-refractivity contribution in [2.24, 2.45) is 0 Å². The summed E-state index contributed by atoms with van der Waals surface area (Å²) in [5.74, 6) is 2.72. The third-order valence-electron chi connectivity index (χ3n) is 3.44. The second-order valence-corrected chi connectivity index (χ2v) is 5.05. The van der Waals surface area contributed by atoms with Gasteiger partial charge in [-0.15, -0.1) is 6.42 Å². The number of rotatable bonds is 5. The molecule has 18 heavy (non-hydrogen) atoms. The average molecular weight is 246 g/mol. The Morgan fingerprint density at radius 2 is 2.28 bits per heavy atom. The number of terminal acetylenes is 1. The molecule has 1 saturated heterocycles. The monoisotopic (exact) mass is 246 g/mol. The molecule has 0 spiro atoms. The van der Waals surface area contributed by atoms with Crippen molar-refractivity contribution in [3.63, 3.8) is 0 Å². The van der Waals surface area contributed by atoms with Gasteiger partial charge in [-0.05, 0) is 25.8 Å². The Morgan fingerprint density at radius 3 is 2.89 bits per heavy atom. The Labute approximate surface area is 109 Å². The van der Waals surface area contributed by atoms with Crippen LogP contribution in [0.5, 0.6) is 0 Å². The molecule has 1 aliphatic heterocycles. The van der Waals surface area contributed by atoms with E-state index in [1.54, 1.807) is 0 Å². The second kappa shape index (κ2) is 6.58. The van der Waals surface area contributed by atoms with Crippen molar-refractivity contribution in [3.8, 4) is 12.3 Å². The number of hydrogen-bond acceptors (Lipinski definition) is 3. The zero-order valence-corrected chi connectivity index (χ0v) is 11.0. The van der Waals surface area contributed by atoms with Crippen molar-refractivity contribution in [2.45, 2.75) is 38.4 Å². The second-order valence-electron chi connectivity index (χ2n) is 5.05. The lowest BCUT2D eigenvalue weighted by Gasteiger charge is -2.32. The van der Waals surface area contributed by atoms with E-state index >= 15 is 0 Å². The molecule has 0 radical (unpaired) electrons. The molecular formula is C14H22N4. The minimum atomic E-state index is 0.453. The standard InChI is InChI=1S/C14H22N4/c1-3-8-17-10-5-14(6-11-17)16-13(2)12-18-9-4-7-15-18/h1,4,7,9,13-14,16H,5-6,8,10-12H2,2H3. The molecule has 0 amide bonds.